The van der Waals surface area contributed by atoms with Gasteiger partial charge in [0.2, 0.25) is 10.0 Å². The number of carbonyl (C=O) groups is 1. The van der Waals surface area contributed by atoms with Crippen molar-refractivity contribution >= 4 is 32.5 Å². The summed E-state index contributed by atoms with van der Waals surface area (Å²) < 4.78 is 26.3. The molecule has 1 heterocycles. The first-order chi connectivity index (χ1) is 13.8. The van der Waals surface area contributed by atoms with Crippen molar-refractivity contribution in [1.29, 1.82) is 0 Å². The Morgan fingerprint density at radius 3 is 2.52 bits per heavy atom. The Morgan fingerprint density at radius 1 is 1.10 bits per heavy atom. The largest absolute Gasteiger partial charge is 0.322 e. The van der Waals surface area contributed by atoms with Gasteiger partial charge in [0.25, 0.3) is 5.91 Å². The number of hydrogen-bond acceptors (Lipinski definition) is 4. The van der Waals surface area contributed by atoms with E-state index in [-0.39, 0.29) is 18.2 Å². The number of pyridine rings is 1. The van der Waals surface area contributed by atoms with Gasteiger partial charge in [0.1, 0.15) is 0 Å². The van der Waals surface area contributed by atoms with Gasteiger partial charge < -0.3 is 5.32 Å². The molecular formula is C22H23N3O3S. The van der Waals surface area contributed by atoms with Crippen molar-refractivity contribution in [3.8, 4) is 0 Å². The summed E-state index contributed by atoms with van der Waals surface area (Å²) in [5.41, 5.74) is 4.35. The van der Waals surface area contributed by atoms with E-state index in [0.29, 0.717) is 16.8 Å². The monoisotopic (exact) mass is 409 g/mol. The fourth-order valence-electron chi connectivity index (χ4n) is 3.00. The van der Waals surface area contributed by atoms with Crippen molar-refractivity contribution in [3.05, 3.63) is 83.6 Å². The van der Waals surface area contributed by atoms with E-state index in [0.717, 1.165) is 22.2 Å². The molecule has 0 radical (unpaired) electrons. The zero-order valence-electron chi connectivity index (χ0n) is 16.4. The SMILES string of the molecule is C=CCNS(=O)(=O)Cc1ccc(NC(=O)c2cc(C)nc3ccc(C)cc23)cc1. The molecule has 0 saturated carbocycles. The van der Waals surface area contributed by atoms with Crippen molar-refractivity contribution in [3.63, 3.8) is 0 Å². The predicted molar refractivity (Wildman–Crippen MR) is 116 cm³/mol. The van der Waals surface area contributed by atoms with Gasteiger partial charge in [0.05, 0.1) is 16.8 Å². The quantitative estimate of drug-likeness (QED) is 0.582. The summed E-state index contributed by atoms with van der Waals surface area (Å²) in [4.78, 5) is 17.4. The first-order valence-electron chi connectivity index (χ1n) is 9.14. The zero-order chi connectivity index (χ0) is 21.0. The van der Waals surface area contributed by atoms with Crippen LogP contribution < -0.4 is 10.0 Å². The smallest absolute Gasteiger partial charge is 0.256 e. The maximum Gasteiger partial charge on any atom is 0.256 e. The van der Waals surface area contributed by atoms with Crippen LogP contribution in [-0.4, -0.2) is 25.9 Å². The molecule has 6 nitrogen and oxygen atoms in total. The summed E-state index contributed by atoms with van der Waals surface area (Å²) in [6.45, 7) is 7.51. The second-order valence-electron chi connectivity index (χ2n) is 6.88. The Labute approximate surface area is 170 Å². The van der Waals surface area contributed by atoms with Crippen LogP contribution in [0.1, 0.15) is 27.2 Å². The molecule has 0 fully saturated rings. The van der Waals surface area contributed by atoms with Crippen LogP contribution in [0, 0.1) is 13.8 Å². The molecule has 0 aliphatic rings. The third-order valence-corrected chi connectivity index (χ3v) is 5.67. The highest BCUT2D eigenvalue weighted by atomic mass is 32.2. The molecule has 3 rings (SSSR count). The predicted octanol–water partition coefficient (Wildman–Crippen LogP) is 3.71. The first-order valence-corrected chi connectivity index (χ1v) is 10.8. The molecule has 0 aliphatic carbocycles. The second-order valence-corrected chi connectivity index (χ2v) is 8.69. The van der Waals surface area contributed by atoms with Crippen molar-refractivity contribution in [1.82, 2.24) is 9.71 Å². The van der Waals surface area contributed by atoms with Crippen LogP contribution >= 0.6 is 0 Å². The van der Waals surface area contributed by atoms with Gasteiger partial charge in [0, 0.05) is 23.3 Å². The number of fused-ring (bicyclic) bond motifs is 1. The highest BCUT2D eigenvalue weighted by molar-refractivity contribution is 7.88. The minimum absolute atomic E-state index is 0.136. The van der Waals surface area contributed by atoms with Crippen molar-refractivity contribution in [2.24, 2.45) is 0 Å². The van der Waals surface area contributed by atoms with Gasteiger partial charge >= 0.3 is 0 Å². The number of sulfonamides is 1. The van der Waals surface area contributed by atoms with Gasteiger partial charge in [-0.1, -0.05) is 29.8 Å². The summed E-state index contributed by atoms with van der Waals surface area (Å²) in [6.07, 6.45) is 1.49. The fourth-order valence-corrected chi connectivity index (χ4v) is 4.10. The summed E-state index contributed by atoms with van der Waals surface area (Å²) >= 11 is 0. The van der Waals surface area contributed by atoms with Crippen molar-refractivity contribution < 1.29 is 13.2 Å². The van der Waals surface area contributed by atoms with Crippen LogP contribution in [0.4, 0.5) is 5.69 Å². The molecule has 0 unspecified atom stereocenters. The van der Waals surface area contributed by atoms with E-state index < -0.39 is 10.0 Å². The maximum absolute atomic E-state index is 12.9. The van der Waals surface area contributed by atoms with E-state index in [1.54, 1.807) is 30.3 Å². The fraction of sp³-hybridized carbons (Fsp3) is 0.182. The zero-order valence-corrected chi connectivity index (χ0v) is 17.2. The Bertz CT molecular complexity index is 1170. The lowest BCUT2D eigenvalue weighted by atomic mass is 10.0. The molecule has 0 atom stereocenters. The Hall–Kier alpha value is -3.03. The number of benzene rings is 2. The summed E-state index contributed by atoms with van der Waals surface area (Å²) in [6, 6.07) is 14.3. The molecule has 7 heteroatoms. The highest BCUT2D eigenvalue weighted by Crippen LogP contribution is 2.21. The lowest BCUT2D eigenvalue weighted by Crippen LogP contribution is -2.25. The molecule has 2 aromatic carbocycles. The van der Waals surface area contributed by atoms with Crippen molar-refractivity contribution in [2.75, 3.05) is 11.9 Å². The van der Waals surface area contributed by atoms with Crippen molar-refractivity contribution in [2.45, 2.75) is 19.6 Å². The lowest BCUT2D eigenvalue weighted by Gasteiger charge is -2.11. The minimum Gasteiger partial charge on any atom is -0.322 e. The second kappa shape index (κ2) is 8.55. The number of nitrogens with zero attached hydrogens (tertiary/aromatic N) is 1. The lowest BCUT2D eigenvalue weighted by molar-refractivity contribution is 0.102. The number of hydrogen-bond donors (Lipinski definition) is 2. The number of amides is 1. The third-order valence-electron chi connectivity index (χ3n) is 4.35. The van der Waals surface area contributed by atoms with Gasteiger partial charge in [-0.05, 0) is 49.7 Å². The number of aromatic nitrogens is 1. The van der Waals surface area contributed by atoms with E-state index in [9.17, 15) is 13.2 Å². The molecule has 1 amide bonds. The number of nitrogens with one attached hydrogen (secondary N) is 2. The Kier molecular flexibility index (Phi) is 6.10. The molecule has 3 aromatic rings. The summed E-state index contributed by atoms with van der Waals surface area (Å²) in [5.74, 6) is -0.373. The summed E-state index contributed by atoms with van der Waals surface area (Å²) in [7, 11) is -3.42. The van der Waals surface area contributed by atoms with E-state index in [4.69, 9.17) is 0 Å². The molecule has 29 heavy (non-hydrogen) atoms. The highest BCUT2D eigenvalue weighted by Gasteiger charge is 2.14. The maximum atomic E-state index is 12.9. The average molecular weight is 410 g/mol. The normalized spacial score (nSPS) is 11.4. The van der Waals surface area contributed by atoms with Crippen LogP contribution in [0.2, 0.25) is 0 Å². The van der Waals surface area contributed by atoms with E-state index >= 15 is 0 Å². The number of carbonyl (C=O) groups excluding carboxylic acids is 1. The summed E-state index contributed by atoms with van der Waals surface area (Å²) in [5, 5.41) is 3.67. The minimum atomic E-state index is -3.42. The molecule has 0 bridgehead atoms. The standard InChI is InChI=1S/C22H23N3O3S/c1-4-11-23-29(27,28)14-17-6-8-18(9-7-17)25-22(26)20-13-16(3)24-21-10-5-15(2)12-19(20)21/h4-10,12-13,23H,1,11,14H2,2-3H3,(H,25,26). The van der Waals surface area contributed by atoms with Gasteiger partial charge in [-0.3, -0.25) is 9.78 Å². The van der Waals surface area contributed by atoms with Crippen LogP contribution in [0.25, 0.3) is 10.9 Å². The molecule has 0 saturated heterocycles. The molecule has 150 valence electrons. The first kappa shape index (κ1) is 20.7. The molecule has 0 aliphatic heterocycles. The topological polar surface area (TPSA) is 88.2 Å². The van der Waals surface area contributed by atoms with Gasteiger partial charge in [-0.25, -0.2) is 13.1 Å². The number of anilines is 1. The Morgan fingerprint density at radius 2 is 1.83 bits per heavy atom. The third kappa shape index (κ3) is 5.28. The Balaban J connectivity index is 1.79. The van der Waals surface area contributed by atoms with Crippen LogP contribution in [-0.2, 0) is 15.8 Å². The number of aryl methyl sites for hydroxylation is 2. The average Bonchev–Trinajstić information content (AvgIpc) is 2.67. The molecule has 2 N–H and O–H groups in total. The molecular weight excluding hydrogens is 386 g/mol. The van der Waals surface area contributed by atoms with Gasteiger partial charge in [-0.15, -0.1) is 6.58 Å². The van der Waals surface area contributed by atoms with Crippen LogP contribution in [0.15, 0.2) is 61.2 Å². The van der Waals surface area contributed by atoms with E-state index in [1.807, 2.05) is 32.0 Å². The number of rotatable bonds is 7. The van der Waals surface area contributed by atoms with Gasteiger partial charge in [-0.2, -0.15) is 0 Å². The van der Waals surface area contributed by atoms with E-state index in [1.165, 1.54) is 6.08 Å². The van der Waals surface area contributed by atoms with Crippen LogP contribution in [0.3, 0.4) is 0 Å². The molecule has 1 aromatic heterocycles. The van der Waals surface area contributed by atoms with Gasteiger partial charge in [0.15, 0.2) is 0 Å². The van der Waals surface area contributed by atoms with Crippen LogP contribution in [0.5, 0.6) is 0 Å². The molecule has 0 spiro atoms. The van der Waals surface area contributed by atoms with E-state index in [2.05, 4.69) is 21.6 Å².